The van der Waals surface area contributed by atoms with Crippen molar-refractivity contribution >= 4 is 0 Å². The molecule has 0 saturated carbocycles. The van der Waals surface area contributed by atoms with E-state index in [9.17, 15) is 5.11 Å². The molecule has 0 fully saturated rings. The first-order chi connectivity index (χ1) is 14.0. The first-order valence-corrected chi connectivity index (χ1v) is 9.46. The Bertz CT molecular complexity index is 1110. The minimum Gasteiger partial charge on any atom is -0.506 e. The Morgan fingerprint density at radius 1 is 0.966 bits per heavy atom. The van der Waals surface area contributed by atoms with Gasteiger partial charge in [-0.25, -0.2) is 15.0 Å². The van der Waals surface area contributed by atoms with Crippen LogP contribution >= 0.6 is 0 Å². The van der Waals surface area contributed by atoms with Gasteiger partial charge in [-0.2, -0.15) is 0 Å². The van der Waals surface area contributed by atoms with Crippen LogP contribution in [0, 0.1) is 6.92 Å². The third-order valence-corrected chi connectivity index (χ3v) is 4.86. The molecule has 1 N–H and O–H groups in total. The predicted molar refractivity (Wildman–Crippen MR) is 109 cm³/mol. The van der Waals surface area contributed by atoms with Crippen molar-refractivity contribution in [3.05, 3.63) is 78.4 Å². The summed E-state index contributed by atoms with van der Waals surface area (Å²) < 4.78 is 5.83. The first-order valence-electron chi connectivity index (χ1n) is 9.46. The molecular formula is C21H25N7O. The van der Waals surface area contributed by atoms with Gasteiger partial charge in [0.2, 0.25) is 0 Å². The van der Waals surface area contributed by atoms with Crippen LogP contribution in [0.2, 0.25) is 0 Å². The molecule has 150 valence electrons. The van der Waals surface area contributed by atoms with Crippen molar-refractivity contribution in [1.82, 2.24) is 33.6 Å². The lowest BCUT2D eigenvalue weighted by Crippen LogP contribution is -2.24. The third kappa shape index (κ3) is 4.38. The van der Waals surface area contributed by atoms with Crippen LogP contribution in [0.4, 0.5) is 0 Å². The third-order valence-electron chi connectivity index (χ3n) is 4.86. The van der Waals surface area contributed by atoms with Crippen LogP contribution < -0.4 is 0 Å². The molecule has 0 spiro atoms. The molecule has 4 rings (SSSR count). The molecule has 0 radical (unpaired) electrons. The van der Waals surface area contributed by atoms with Crippen molar-refractivity contribution in [2.24, 2.45) is 14.1 Å². The smallest absolute Gasteiger partial charge is 0.139 e. The molecule has 3 aromatic heterocycles. The van der Waals surface area contributed by atoms with Gasteiger partial charge < -0.3 is 18.8 Å². The highest BCUT2D eigenvalue weighted by Gasteiger charge is 2.14. The van der Waals surface area contributed by atoms with E-state index in [1.54, 1.807) is 12.4 Å². The Labute approximate surface area is 169 Å². The van der Waals surface area contributed by atoms with Crippen LogP contribution in [0.5, 0.6) is 5.75 Å². The molecule has 8 heteroatoms. The minimum absolute atomic E-state index is 0.234. The Kier molecular flexibility index (Phi) is 5.18. The number of benzene rings is 1. The van der Waals surface area contributed by atoms with E-state index in [-0.39, 0.29) is 5.75 Å². The monoisotopic (exact) mass is 391 g/mol. The minimum atomic E-state index is 0.234. The molecule has 0 aliphatic rings. The second kappa shape index (κ2) is 7.92. The molecule has 29 heavy (non-hydrogen) atoms. The highest BCUT2D eigenvalue weighted by Crippen LogP contribution is 2.23. The fraction of sp³-hybridized carbons (Fsp3) is 0.286. The van der Waals surface area contributed by atoms with Gasteiger partial charge in [-0.3, -0.25) is 4.90 Å². The van der Waals surface area contributed by atoms with Gasteiger partial charge in [-0.1, -0.05) is 6.07 Å². The second-order valence-electron chi connectivity index (χ2n) is 7.39. The number of nitrogens with zero attached hydrogens (tertiary/aromatic N) is 7. The van der Waals surface area contributed by atoms with E-state index < -0.39 is 0 Å². The van der Waals surface area contributed by atoms with Crippen LogP contribution in [0.1, 0.15) is 22.8 Å². The number of phenolic OH excluding ortho intramolecular Hbond substituents is 1. The number of aromatic hydroxyl groups is 1. The number of aryl methyl sites for hydroxylation is 3. The van der Waals surface area contributed by atoms with Crippen LogP contribution in [0.15, 0.2) is 55.6 Å². The van der Waals surface area contributed by atoms with E-state index in [0.717, 1.165) is 28.5 Å². The maximum Gasteiger partial charge on any atom is 0.139 e. The van der Waals surface area contributed by atoms with Crippen molar-refractivity contribution in [2.75, 3.05) is 0 Å². The summed E-state index contributed by atoms with van der Waals surface area (Å²) in [5.74, 6) is 1.22. The van der Waals surface area contributed by atoms with E-state index in [1.165, 1.54) is 0 Å². The van der Waals surface area contributed by atoms with E-state index in [1.807, 2.05) is 78.0 Å². The Hall–Kier alpha value is -3.39. The Morgan fingerprint density at radius 2 is 1.72 bits per heavy atom. The van der Waals surface area contributed by atoms with Crippen molar-refractivity contribution < 1.29 is 5.11 Å². The number of hydrogen-bond donors (Lipinski definition) is 1. The van der Waals surface area contributed by atoms with Crippen molar-refractivity contribution in [2.45, 2.75) is 26.6 Å². The zero-order chi connectivity index (χ0) is 20.4. The molecule has 0 saturated heterocycles. The molecule has 0 unspecified atom stereocenters. The average Bonchev–Trinajstić information content (AvgIpc) is 3.40. The summed E-state index contributed by atoms with van der Waals surface area (Å²) in [5.41, 5.74) is 3.72. The summed E-state index contributed by atoms with van der Waals surface area (Å²) in [4.78, 5) is 15.7. The Morgan fingerprint density at radius 3 is 2.41 bits per heavy atom. The summed E-state index contributed by atoms with van der Waals surface area (Å²) in [6.45, 7) is 4.02. The molecule has 0 bridgehead atoms. The molecule has 3 heterocycles. The van der Waals surface area contributed by atoms with E-state index in [0.29, 0.717) is 19.6 Å². The van der Waals surface area contributed by atoms with Gasteiger partial charge >= 0.3 is 0 Å². The second-order valence-corrected chi connectivity index (χ2v) is 7.39. The molecule has 1 aromatic carbocycles. The summed E-state index contributed by atoms with van der Waals surface area (Å²) in [6, 6.07) is 5.54. The molecule has 8 nitrogen and oxygen atoms in total. The number of aromatic nitrogens is 6. The SMILES string of the molecule is Cc1ccc(O)c(-n2cnc(CN(Cc3cn(C)cn3)Cc3nccn3C)c2)c1. The summed E-state index contributed by atoms with van der Waals surface area (Å²) in [5, 5.41) is 10.2. The molecule has 0 atom stereocenters. The molecule has 0 aliphatic heterocycles. The maximum absolute atomic E-state index is 10.2. The fourth-order valence-electron chi connectivity index (χ4n) is 3.34. The lowest BCUT2D eigenvalue weighted by atomic mass is 10.2. The average molecular weight is 391 g/mol. The van der Waals surface area contributed by atoms with Gasteiger partial charge in [-0.05, 0) is 24.6 Å². The van der Waals surface area contributed by atoms with Crippen molar-refractivity contribution in [1.29, 1.82) is 0 Å². The molecule has 0 aliphatic carbocycles. The largest absolute Gasteiger partial charge is 0.506 e. The van der Waals surface area contributed by atoms with Gasteiger partial charge in [0.1, 0.15) is 11.6 Å². The summed E-state index contributed by atoms with van der Waals surface area (Å²) in [7, 11) is 3.96. The standard InChI is InChI=1S/C21H25N7O/c1-16-4-5-20(29)19(8-16)28-12-18(24-15-28)11-27(10-17-9-25(2)14-23-17)13-21-22-6-7-26(21)3/h4-9,12,14-15,29H,10-11,13H2,1-3H3. The van der Waals surface area contributed by atoms with Gasteiger partial charge in [0.05, 0.1) is 36.3 Å². The number of phenols is 1. The van der Waals surface area contributed by atoms with Crippen molar-refractivity contribution in [3.8, 4) is 11.4 Å². The van der Waals surface area contributed by atoms with Crippen LogP contribution in [-0.4, -0.2) is 38.7 Å². The molecule has 0 amide bonds. The fourth-order valence-corrected chi connectivity index (χ4v) is 3.34. The molecular weight excluding hydrogens is 366 g/mol. The topological polar surface area (TPSA) is 76.9 Å². The zero-order valence-electron chi connectivity index (χ0n) is 16.9. The van der Waals surface area contributed by atoms with E-state index in [4.69, 9.17) is 0 Å². The van der Waals surface area contributed by atoms with Crippen molar-refractivity contribution in [3.63, 3.8) is 0 Å². The summed E-state index contributed by atoms with van der Waals surface area (Å²) >= 11 is 0. The predicted octanol–water partition coefficient (Wildman–Crippen LogP) is 2.56. The normalized spacial score (nSPS) is 11.4. The first kappa shape index (κ1) is 18.9. The van der Waals surface area contributed by atoms with Crippen LogP contribution in [0.25, 0.3) is 5.69 Å². The number of rotatable bonds is 7. The van der Waals surface area contributed by atoms with Crippen LogP contribution in [-0.2, 0) is 33.7 Å². The summed E-state index contributed by atoms with van der Waals surface area (Å²) in [6.07, 6.45) is 11.3. The van der Waals surface area contributed by atoms with Crippen LogP contribution in [0.3, 0.4) is 0 Å². The van der Waals surface area contributed by atoms with E-state index >= 15 is 0 Å². The number of imidazole rings is 3. The number of hydrogen-bond acceptors (Lipinski definition) is 5. The van der Waals surface area contributed by atoms with E-state index in [2.05, 4.69) is 19.9 Å². The van der Waals surface area contributed by atoms with Gasteiger partial charge in [-0.15, -0.1) is 0 Å². The van der Waals surface area contributed by atoms with Gasteiger partial charge in [0.25, 0.3) is 0 Å². The zero-order valence-corrected chi connectivity index (χ0v) is 16.9. The molecule has 4 aromatic rings. The van der Waals surface area contributed by atoms with Gasteiger partial charge in [0.15, 0.2) is 0 Å². The maximum atomic E-state index is 10.2. The highest BCUT2D eigenvalue weighted by molar-refractivity contribution is 5.48. The lowest BCUT2D eigenvalue weighted by molar-refractivity contribution is 0.234. The Balaban J connectivity index is 1.56. The quantitative estimate of drug-likeness (QED) is 0.524. The highest BCUT2D eigenvalue weighted by atomic mass is 16.3. The van der Waals surface area contributed by atoms with Gasteiger partial charge in [0, 0.05) is 52.0 Å². The lowest BCUT2D eigenvalue weighted by Gasteiger charge is -2.20.